The molecule has 0 unspecified atom stereocenters. The van der Waals surface area contributed by atoms with Crippen LogP contribution in [0.3, 0.4) is 0 Å². The Kier molecular flexibility index (Phi) is 4.35. The third-order valence-corrected chi connectivity index (χ3v) is 5.54. The highest BCUT2D eigenvalue weighted by Gasteiger charge is 2.20. The maximum atomic E-state index is 12.2. The second-order valence-corrected chi connectivity index (χ2v) is 7.43. The van der Waals surface area contributed by atoms with Gasteiger partial charge in [-0.2, -0.15) is 0 Å². The number of nitro benzene ring substituents is 1. The number of rotatable bonds is 5. The second kappa shape index (κ2) is 5.88. The van der Waals surface area contributed by atoms with Gasteiger partial charge >= 0.3 is 0 Å². The Bertz CT molecular complexity index is 788. The van der Waals surface area contributed by atoms with Gasteiger partial charge in [0.05, 0.1) is 28.1 Å². The van der Waals surface area contributed by atoms with Gasteiger partial charge in [0.2, 0.25) is 0 Å². The number of thiophene rings is 1. The Balaban J connectivity index is 2.37. The molecule has 0 aliphatic rings. The quantitative estimate of drug-likeness (QED) is 0.661. The molecule has 0 amide bonds. The molecule has 0 aliphatic heterocycles. The van der Waals surface area contributed by atoms with Gasteiger partial charge in [-0.25, -0.2) is 8.42 Å². The van der Waals surface area contributed by atoms with Crippen molar-refractivity contribution in [3.05, 3.63) is 44.8 Å². The first-order valence-corrected chi connectivity index (χ1v) is 8.12. The SMILES string of the molecule is COc1cc([N+](=O)[O-])ccc1NS(=O)(=O)c1ccc(Cl)s1. The second-order valence-electron chi connectivity index (χ2n) is 3.81. The van der Waals surface area contributed by atoms with E-state index in [0.717, 1.165) is 17.4 Å². The van der Waals surface area contributed by atoms with E-state index in [1.165, 1.54) is 31.4 Å². The van der Waals surface area contributed by atoms with Crippen LogP contribution in [0.5, 0.6) is 5.75 Å². The van der Waals surface area contributed by atoms with Crippen LogP contribution in [-0.2, 0) is 10.0 Å². The molecule has 0 spiro atoms. The molecule has 2 aromatic rings. The molecule has 1 N–H and O–H groups in total. The van der Waals surface area contributed by atoms with Crippen LogP contribution < -0.4 is 9.46 Å². The van der Waals surface area contributed by atoms with Crippen LogP contribution in [-0.4, -0.2) is 20.5 Å². The first-order valence-electron chi connectivity index (χ1n) is 5.44. The summed E-state index contributed by atoms with van der Waals surface area (Å²) in [4.78, 5) is 10.1. The van der Waals surface area contributed by atoms with Crippen LogP contribution in [0.1, 0.15) is 0 Å². The zero-order chi connectivity index (χ0) is 15.6. The molecule has 0 aliphatic carbocycles. The van der Waals surface area contributed by atoms with Crippen molar-refractivity contribution in [1.29, 1.82) is 0 Å². The fourth-order valence-corrected chi connectivity index (χ4v) is 4.07. The smallest absolute Gasteiger partial charge is 0.273 e. The highest BCUT2D eigenvalue weighted by molar-refractivity contribution is 7.94. The van der Waals surface area contributed by atoms with Crippen molar-refractivity contribution in [2.24, 2.45) is 0 Å². The summed E-state index contributed by atoms with van der Waals surface area (Å²) in [6, 6.07) is 6.42. The molecule has 7 nitrogen and oxygen atoms in total. The molecule has 0 radical (unpaired) electrons. The summed E-state index contributed by atoms with van der Waals surface area (Å²) in [5.41, 5.74) is -0.0958. The number of nitro groups is 1. The lowest BCUT2D eigenvalue weighted by molar-refractivity contribution is -0.384. The van der Waals surface area contributed by atoms with E-state index in [1.54, 1.807) is 0 Å². The molecule has 112 valence electrons. The maximum Gasteiger partial charge on any atom is 0.273 e. The van der Waals surface area contributed by atoms with Crippen LogP contribution in [0.25, 0.3) is 0 Å². The first kappa shape index (κ1) is 15.5. The number of nitrogens with zero attached hydrogens (tertiary/aromatic N) is 1. The monoisotopic (exact) mass is 348 g/mol. The van der Waals surface area contributed by atoms with E-state index >= 15 is 0 Å². The lowest BCUT2D eigenvalue weighted by Crippen LogP contribution is -2.12. The van der Waals surface area contributed by atoms with Gasteiger partial charge in [0.25, 0.3) is 15.7 Å². The van der Waals surface area contributed by atoms with E-state index in [0.29, 0.717) is 4.34 Å². The average Bonchev–Trinajstić information content (AvgIpc) is 2.86. The number of sulfonamides is 1. The molecule has 0 saturated heterocycles. The number of ether oxygens (including phenoxy) is 1. The molecule has 0 bridgehead atoms. The predicted molar refractivity (Wildman–Crippen MR) is 79.8 cm³/mol. The zero-order valence-corrected chi connectivity index (χ0v) is 13.0. The fourth-order valence-electron chi connectivity index (χ4n) is 1.51. The number of halogens is 1. The van der Waals surface area contributed by atoms with Gasteiger partial charge in [-0.1, -0.05) is 11.6 Å². The molecule has 1 heterocycles. The Morgan fingerprint density at radius 2 is 2.05 bits per heavy atom. The van der Waals surface area contributed by atoms with Gasteiger partial charge in [-0.3, -0.25) is 14.8 Å². The Morgan fingerprint density at radius 3 is 2.57 bits per heavy atom. The van der Waals surface area contributed by atoms with Crippen LogP contribution in [0, 0.1) is 10.1 Å². The van der Waals surface area contributed by atoms with Crippen molar-refractivity contribution in [1.82, 2.24) is 0 Å². The highest BCUT2D eigenvalue weighted by atomic mass is 35.5. The molecule has 0 atom stereocenters. The summed E-state index contributed by atoms with van der Waals surface area (Å²) in [6.07, 6.45) is 0. The summed E-state index contributed by atoms with van der Waals surface area (Å²) < 4.78 is 32.0. The standard InChI is InChI=1S/C11H9ClN2O5S2/c1-19-9-6-7(14(15)16)2-3-8(9)13-21(17,18)11-5-4-10(12)20-11/h2-6,13H,1H3. The van der Waals surface area contributed by atoms with E-state index in [9.17, 15) is 18.5 Å². The number of methoxy groups -OCH3 is 1. The van der Waals surface area contributed by atoms with Crippen molar-refractivity contribution < 1.29 is 18.1 Å². The number of hydrogen-bond donors (Lipinski definition) is 1. The van der Waals surface area contributed by atoms with E-state index in [4.69, 9.17) is 16.3 Å². The largest absolute Gasteiger partial charge is 0.494 e. The Morgan fingerprint density at radius 1 is 1.33 bits per heavy atom. The van der Waals surface area contributed by atoms with Crippen molar-refractivity contribution in [3.8, 4) is 5.75 Å². The van der Waals surface area contributed by atoms with Gasteiger partial charge in [0, 0.05) is 6.07 Å². The molecular weight excluding hydrogens is 340 g/mol. The number of benzene rings is 1. The summed E-state index contributed by atoms with van der Waals surface area (Å²) >= 11 is 6.61. The lowest BCUT2D eigenvalue weighted by Gasteiger charge is -2.10. The van der Waals surface area contributed by atoms with Crippen LogP contribution in [0.4, 0.5) is 11.4 Å². The lowest BCUT2D eigenvalue weighted by atomic mass is 10.2. The van der Waals surface area contributed by atoms with Gasteiger partial charge in [0.15, 0.2) is 0 Å². The third-order valence-electron chi connectivity index (χ3n) is 2.45. The molecule has 2 rings (SSSR count). The van der Waals surface area contributed by atoms with Crippen LogP contribution >= 0.6 is 22.9 Å². The minimum atomic E-state index is -3.82. The number of non-ortho nitro benzene ring substituents is 1. The summed E-state index contributed by atoms with van der Waals surface area (Å²) in [7, 11) is -2.53. The molecular formula is C11H9ClN2O5S2. The van der Waals surface area contributed by atoms with E-state index in [-0.39, 0.29) is 21.3 Å². The van der Waals surface area contributed by atoms with Crippen molar-refractivity contribution in [2.45, 2.75) is 4.21 Å². The van der Waals surface area contributed by atoms with Crippen molar-refractivity contribution in [3.63, 3.8) is 0 Å². The topological polar surface area (TPSA) is 98.5 Å². The summed E-state index contributed by atoms with van der Waals surface area (Å²) in [5.74, 6) is 0.0513. The molecule has 10 heteroatoms. The van der Waals surface area contributed by atoms with Crippen LogP contribution in [0.15, 0.2) is 34.5 Å². The molecule has 0 saturated carbocycles. The first-order chi connectivity index (χ1) is 9.83. The minimum absolute atomic E-state index is 0.0351. The van der Waals surface area contributed by atoms with E-state index in [2.05, 4.69) is 4.72 Å². The molecule has 0 fully saturated rings. The average molecular weight is 349 g/mol. The Labute approximate surface area is 129 Å². The number of nitrogens with one attached hydrogen (secondary N) is 1. The van der Waals surface area contributed by atoms with Gasteiger partial charge in [0.1, 0.15) is 9.96 Å². The predicted octanol–water partition coefficient (Wildman–Crippen LogP) is 3.12. The van der Waals surface area contributed by atoms with Crippen molar-refractivity contribution in [2.75, 3.05) is 11.8 Å². The van der Waals surface area contributed by atoms with E-state index in [1.807, 2.05) is 0 Å². The molecule has 21 heavy (non-hydrogen) atoms. The normalized spacial score (nSPS) is 11.1. The fraction of sp³-hybridized carbons (Fsp3) is 0.0909. The zero-order valence-electron chi connectivity index (χ0n) is 10.6. The maximum absolute atomic E-state index is 12.2. The minimum Gasteiger partial charge on any atom is -0.494 e. The van der Waals surface area contributed by atoms with Gasteiger partial charge in [-0.15, -0.1) is 11.3 Å². The number of hydrogen-bond acceptors (Lipinski definition) is 6. The van der Waals surface area contributed by atoms with Crippen molar-refractivity contribution >= 4 is 44.3 Å². The summed E-state index contributed by atoms with van der Waals surface area (Å²) in [6.45, 7) is 0. The van der Waals surface area contributed by atoms with E-state index < -0.39 is 14.9 Å². The van der Waals surface area contributed by atoms with Crippen LogP contribution in [0.2, 0.25) is 4.34 Å². The highest BCUT2D eigenvalue weighted by Crippen LogP contribution is 2.32. The van der Waals surface area contributed by atoms with Gasteiger partial charge < -0.3 is 4.74 Å². The number of anilines is 1. The molecule has 1 aromatic carbocycles. The molecule has 1 aromatic heterocycles. The third kappa shape index (κ3) is 3.43. The Hall–Kier alpha value is -1.84. The van der Waals surface area contributed by atoms with Gasteiger partial charge in [-0.05, 0) is 18.2 Å². The summed E-state index contributed by atoms with van der Waals surface area (Å²) in [5, 5.41) is 10.7.